The molecule has 0 N–H and O–H groups in total. The van der Waals surface area contributed by atoms with E-state index in [4.69, 9.17) is 0 Å². The van der Waals surface area contributed by atoms with Gasteiger partial charge in [-0.2, -0.15) is 0 Å². The van der Waals surface area contributed by atoms with Gasteiger partial charge in [0.1, 0.15) is 0 Å². The largest absolute Gasteiger partial charge is 0.103 e. The summed E-state index contributed by atoms with van der Waals surface area (Å²) >= 11 is 0. The van der Waals surface area contributed by atoms with Gasteiger partial charge in [-0.3, -0.25) is 0 Å². The number of unbranched alkanes of at least 4 members (excludes halogenated alkanes) is 5. The lowest BCUT2D eigenvalue weighted by molar-refractivity contribution is 0.124. The van der Waals surface area contributed by atoms with Crippen LogP contribution in [0.3, 0.4) is 0 Å². The van der Waals surface area contributed by atoms with Crippen molar-refractivity contribution in [2.24, 2.45) is 201 Å². The Morgan fingerprint density at radius 3 is 0.446 bits per heavy atom. The fraction of sp³-hybridized carbons (Fsp3) is 0.919. The lowest BCUT2D eigenvalue weighted by Gasteiger charge is -2.39. The molecule has 0 aromatic carbocycles. The number of hydrogen-bond acceptors (Lipinski definition) is 0. The monoisotopic (exact) mass is 2070 g/mol. The molecule has 0 bridgehead atoms. The van der Waals surface area contributed by atoms with Gasteiger partial charge in [0, 0.05) is 22.8 Å². The first-order valence-electron chi connectivity index (χ1n) is 70.5. The third-order valence-electron chi connectivity index (χ3n) is 48.2. The molecule has 0 saturated heterocycles. The molecule has 18 fully saturated rings. The molecule has 0 aromatic rings. The van der Waals surface area contributed by atoms with E-state index >= 15 is 0 Å². The summed E-state index contributed by atoms with van der Waals surface area (Å²) in [6, 6.07) is 0. The molecule has 0 radical (unpaired) electrons. The summed E-state index contributed by atoms with van der Waals surface area (Å²) in [5, 5.41) is 0. The third kappa shape index (κ3) is 45.9. The van der Waals surface area contributed by atoms with Crippen molar-refractivity contribution in [1.82, 2.24) is 0 Å². The van der Waals surface area contributed by atoms with Crippen molar-refractivity contribution in [2.75, 3.05) is 0 Å². The van der Waals surface area contributed by atoms with E-state index in [-0.39, 0.29) is 22.8 Å². The Morgan fingerprint density at radius 2 is 0.291 bits per heavy atom. The van der Waals surface area contributed by atoms with E-state index in [0.717, 1.165) is 201 Å². The summed E-state index contributed by atoms with van der Waals surface area (Å²) in [7, 11) is 0. The van der Waals surface area contributed by atoms with Crippen LogP contribution in [0.2, 0.25) is 0 Å². The van der Waals surface area contributed by atoms with Gasteiger partial charge in [-0.25, -0.2) is 0 Å². The smallest absolute Gasteiger partial charge is 0 e. The topological polar surface area (TPSA) is 0 Å². The fourth-order valence-corrected chi connectivity index (χ4v) is 37.6. The molecule has 18 aliphatic carbocycles. The number of allylic oxidation sites excluding steroid dienone is 9. The molecular formula is C148H296. The van der Waals surface area contributed by atoms with Gasteiger partial charge in [0.05, 0.1) is 0 Å². The maximum Gasteiger partial charge on any atom is 0 e. The second-order valence-corrected chi connectivity index (χ2v) is 57.3. The van der Waals surface area contributed by atoms with Gasteiger partial charge in [0.25, 0.3) is 0 Å². The molecule has 0 unspecified atom stereocenters. The van der Waals surface area contributed by atoms with E-state index in [1.807, 2.05) is 0 Å². The third-order valence-corrected chi connectivity index (χ3v) is 48.2. The molecule has 0 atom stereocenters. The first kappa shape index (κ1) is 127. The first-order chi connectivity index (χ1) is 72.7. The first-order valence-corrected chi connectivity index (χ1v) is 70.5. The van der Waals surface area contributed by atoms with Crippen LogP contribution >= 0.6 is 0 Å². The lowest BCUT2D eigenvalue weighted by Crippen LogP contribution is -2.27. The highest BCUT2D eigenvalue weighted by molar-refractivity contribution is 4.99. The van der Waals surface area contributed by atoms with E-state index in [9.17, 15) is 0 Å². The van der Waals surface area contributed by atoms with Crippen molar-refractivity contribution in [1.29, 1.82) is 0 Å². The minimum Gasteiger partial charge on any atom is -0.103 e. The van der Waals surface area contributed by atoms with Crippen LogP contribution in [0, 0.1) is 201 Å². The van der Waals surface area contributed by atoms with Gasteiger partial charge in [0.15, 0.2) is 0 Å². The Morgan fingerprint density at radius 1 is 0.149 bits per heavy atom. The standard InChI is InChI=1S/C21H38.3C19H34.2C18H32.2C17H30.16H2/c1-2-3-6-17-9-11-19(12-10-17)21-15-13-20(14-16-21)18-7-4-5-8-18;1-2-15-7-9-17(10-8-15)19-13-11-18(12-14-19)16-5-3-4-6-16;1-3-5-6-7-17-10-14-19(15-11-17)18-12-8-16(4-2)9-13-18;1-3-5-7-17-10-14-19(15-11-17)18-12-8-16(6-4-2)9-13-18;1-3-5-6-16-9-13-18(14-10-16)17-11-7-15(4-2)8-12-17;1-3-5-15-7-11-17(12-8-15)18-13-9-16(6-4-2)10-14-18;2*1-3-5-15-8-12-17(13-9-15)16-10-6-14(4-2)7-11-16;;;;;;;;;;;;;;;;/h17-21H,2-16H2,1H3;15-19H,2-14H2,1H3;4,16-19H,2-3,5-15H2,1H3;4,6,16-19H,3,5,7-15H2,1-2H3;4,15-18H,2-3,5-14H2,1H3;3,5,15-18H,4,6-14H2,1-2H3;3,5,14-17H,4,6-13H2,1-2H3;4,14-17H,2-3,5-13H2,1H3;16*1H/b;;;6-4+;;2*5-3+;;;;;;;;;;;;;;;;;. The van der Waals surface area contributed by atoms with Crippen LogP contribution in [0.1, 0.15) is 683 Å². The fourth-order valence-electron chi connectivity index (χ4n) is 37.6. The maximum absolute atomic E-state index is 3.97. The highest BCUT2D eigenvalue weighted by atomic mass is 14.5. The van der Waals surface area contributed by atoms with Crippen LogP contribution in [0.5, 0.6) is 0 Å². The SMILES string of the molecule is C/C=C/C1CCC(C2CCC(CC)CC2)CC1.C/C=C/C1CCC(C2CCC(CCC)CC2)CC1.C/C=C/C1CCC(C2CCC(CCCC)CC2)CC1.C=CC1CCC(C2CCC(CCC)CC2)CC1.C=CC1CCC(C2CCC(CCCC)CC2)CC1.C=CC1CCC(C2CCC(CCCCC)CC2)CC1.CCC1CCC(C2CCC(C3CCCC3)CC2)CC1.CCCCC1CCC(C2CCC(C3CCCC3)CC2)CC1.[HH].[HH].[HH].[HH].[HH].[HH].[HH].[HH].[HH].[HH].[HH].[HH].[HH].[HH].[HH].[HH]. The summed E-state index contributed by atoms with van der Waals surface area (Å²) in [5.74, 6) is 35.8. The molecule has 0 spiro atoms. The summed E-state index contributed by atoms with van der Waals surface area (Å²) in [6.45, 7) is 37.1. The minimum absolute atomic E-state index is 0. The highest BCUT2D eigenvalue weighted by Crippen LogP contribution is 2.54. The molecule has 18 rings (SSSR count). The second-order valence-electron chi connectivity index (χ2n) is 57.3. The van der Waals surface area contributed by atoms with Crippen molar-refractivity contribution in [3.8, 4) is 0 Å². The molecule has 18 aliphatic rings. The Labute approximate surface area is 953 Å². The molecular weight excluding hydrogens is 1780 g/mol. The van der Waals surface area contributed by atoms with E-state index in [2.05, 4.69) is 151 Å². The zero-order chi connectivity index (χ0) is 104. The van der Waals surface area contributed by atoms with E-state index in [1.54, 1.807) is 180 Å². The molecule has 0 aliphatic heterocycles. The van der Waals surface area contributed by atoms with Gasteiger partial charge >= 0.3 is 0 Å². The number of rotatable bonds is 35. The van der Waals surface area contributed by atoms with Crippen LogP contribution in [-0.4, -0.2) is 0 Å². The van der Waals surface area contributed by atoms with Gasteiger partial charge in [-0.1, -0.05) is 386 Å². The highest BCUT2D eigenvalue weighted by Gasteiger charge is 2.41. The molecule has 0 aromatic heterocycles. The molecule has 0 heterocycles. The van der Waals surface area contributed by atoms with Gasteiger partial charge in [-0.05, 0) is 530 Å². The summed E-state index contributed by atoms with van der Waals surface area (Å²) in [4.78, 5) is 0. The van der Waals surface area contributed by atoms with E-state index in [1.165, 1.54) is 405 Å². The van der Waals surface area contributed by atoms with Crippen LogP contribution in [0.4, 0.5) is 0 Å². The van der Waals surface area contributed by atoms with Crippen molar-refractivity contribution < 1.29 is 22.8 Å². The quantitative estimate of drug-likeness (QED) is 0.0438. The summed E-state index contributed by atoms with van der Waals surface area (Å²) in [5.41, 5.74) is 0. The molecule has 18 saturated carbocycles. The Bertz CT molecular complexity index is 3290. The molecule has 888 valence electrons. The van der Waals surface area contributed by atoms with Crippen LogP contribution in [0.15, 0.2) is 74.4 Å². The van der Waals surface area contributed by atoms with Gasteiger partial charge < -0.3 is 0 Å². The molecule has 148 heavy (non-hydrogen) atoms. The van der Waals surface area contributed by atoms with E-state index < -0.39 is 0 Å². The van der Waals surface area contributed by atoms with Crippen molar-refractivity contribution in [3.05, 3.63) is 74.4 Å². The zero-order valence-corrected chi connectivity index (χ0v) is 102. The number of hydrogen-bond donors (Lipinski definition) is 0. The normalized spacial score (nSPS) is 38.4. The minimum atomic E-state index is 0. The Balaban J connectivity index is -0.000000429. The maximum atomic E-state index is 3.97. The average molecular weight is 2080 g/mol. The average Bonchev–Trinajstić information content (AvgIpc) is 1.67. The van der Waals surface area contributed by atoms with Crippen molar-refractivity contribution >= 4 is 0 Å². The molecule has 0 nitrogen and oxygen atoms in total. The Kier molecular flexibility index (Phi) is 64.6. The molecule has 0 amide bonds. The van der Waals surface area contributed by atoms with Crippen molar-refractivity contribution in [2.45, 2.75) is 660 Å². The van der Waals surface area contributed by atoms with Crippen LogP contribution < -0.4 is 0 Å². The van der Waals surface area contributed by atoms with Gasteiger partial charge in [-0.15, -0.1) is 19.7 Å². The second kappa shape index (κ2) is 75.5. The summed E-state index contributed by atoms with van der Waals surface area (Å²) in [6.07, 6.45) is 158. The van der Waals surface area contributed by atoms with Crippen molar-refractivity contribution in [3.63, 3.8) is 0 Å². The van der Waals surface area contributed by atoms with Gasteiger partial charge in [0.2, 0.25) is 0 Å². The Hall–Kier alpha value is -1.56. The van der Waals surface area contributed by atoms with Crippen LogP contribution in [0.25, 0.3) is 0 Å². The zero-order valence-electron chi connectivity index (χ0n) is 102. The van der Waals surface area contributed by atoms with Crippen LogP contribution in [-0.2, 0) is 0 Å². The summed E-state index contributed by atoms with van der Waals surface area (Å²) < 4.78 is 0. The predicted molar refractivity (Wildman–Crippen MR) is 693 cm³/mol. The predicted octanol–water partition coefficient (Wildman–Crippen LogP) is 53.0. The molecule has 0 heteroatoms. The van der Waals surface area contributed by atoms with E-state index in [0.29, 0.717) is 0 Å². The lowest BCUT2D eigenvalue weighted by atomic mass is 9.67.